The summed E-state index contributed by atoms with van der Waals surface area (Å²) in [6.07, 6.45) is 1.03. The third-order valence-electron chi connectivity index (χ3n) is 2.53. The highest BCUT2D eigenvalue weighted by Gasteiger charge is 2.41. The summed E-state index contributed by atoms with van der Waals surface area (Å²) in [6, 6.07) is 0. The Labute approximate surface area is 55.8 Å². The van der Waals surface area contributed by atoms with Gasteiger partial charge in [0.2, 0.25) is 0 Å². The fourth-order valence-corrected chi connectivity index (χ4v) is 1.12. The Kier molecular flexibility index (Phi) is 1.35. The van der Waals surface area contributed by atoms with Crippen LogP contribution in [0.3, 0.4) is 0 Å². The van der Waals surface area contributed by atoms with E-state index in [0.717, 1.165) is 13.0 Å². The molecule has 52 valence electrons. The Morgan fingerprint density at radius 1 is 1.67 bits per heavy atom. The van der Waals surface area contributed by atoms with E-state index in [4.69, 9.17) is 0 Å². The van der Waals surface area contributed by atoms with Crippen LogP contribution in [0.15, 0.2) is 0 Å². The highest BCUT2D eigenvalue weighted by atomic mass is 16.1. The van der Waals surface area contributed by atoms with Gasteiger partial charge in [0.25, 0.3) is 0 Å². The van der Waals surface area contributed by atoms with E-state index in [2.05, 4.69) is 4.90 Å². The first kappa shape index (κ1) is 6.75. The molecule has 0 bridgehead atoms. The molecule has 0 spiro atoms. The first-order chi connectivity index (χ1) is 4.07. The highest BCUT2D eigenvalue weighted by molar-refractivity contribution is 5.86. The van der Waals surface area contributed by atoms with Gasteiger partial charge in [0, 0.05) is 6.54 Å². The number of carbonyl (C=O) groups excluding carboxylic acids is 1. The van der Waals surface area contributed by atoms with Crippen LogP contribution in [0.2, 0.25) is 0 Å². The van der Waals surface area contributed by atoms with Gasteiger partial charge in [-0.05, 0) is 27.3 Å². The van der Waals surface area contributed by atoms with Crippen LogP contribution < -0.4 is 0 Å². The first-order valence-electron chi connectivity index (χ1n) is 3.29. The number of rotatable bonds is 1. The molecule has 0 aliphatic carbocycles. The van der Waals surface area contributed by atoms with Gasteiger partial charge in [-0.15, -0.1) is 0 Å². The highest BCUT2D eigenvalue weighted by Crippen LogP contribution is 2.28. The van der Waals surface area contributed by atoms with Crippen LogP contribution in [0.5, 0.6) is 0 Å². The summed E-state index contributed by atoms with van der Waals surface area (Å²) >= 11 is 0. The third-order valence-corrected chi connectivity index (χ3v) is 2.53. The number of hydrogen-bond acceptors (Lipinski definition) is 2. The van der Waals surface area contributed by atoms with Crippen molar-refractivity contribution < 1.29 is 4.79 Å². The van der Waals surface area contributed by atoms with Gasteiger partial charge in [0.15, 0.2) is 0 Å². The molecule has 1 fully saturated rings. The maximum Gasteiger partial charge on any atom is 0.149 e. The van der Waals surface area contributed by atoms with Crippen LogP contribution in [0.1, 0.15) is 20.3 Å². The number of Topliss-reactive ketones (excluding diaryl/α,β-unsaturated/α-hetero) is 1. The van der Waals surface area contributed by atoms with Gasteiger partial charge >= 0.3 is 0 Å². The van der Waals surface area contributed by atoms with E-state index in [1.807, 2.05) is 14.0 Å². The summed E-state index contributed by atoms with van der Waals surface area (Å²) in [6.45, 7) is 4.73. The van der Waals surface area contributed by atoms with Crippen LogP contribution in [0.4, 0.5) is 0 Å². The molecule has 0 amide bonds. The number of likely N-dealkylation sites (tertiary alicyclic amines) is 1. The predicted molar refractivity (Wildman–Crippen MR) is 36.3 cm³/mol. The molecule has 9 heavy (non-hydrogen) atoms. The lowest BCUT2D eigenvalue weighted by molar-refractivity contribution is -0.134. The maximum absolute atomic E-state index is 10.9. The number of likely N-dealkylation sites (N-methyl/N-ethyl adjacent to an activating group) is 1. The zero-order valence-electron chi connectivity index (χ0n) is 6.27. The molecule has 2 heteroatoms. The SMILES string of the molecule is CC(=O)C1(C)CCN1C. The summed E-state index contributed by atoms with van der Waals surface area (Å²) in [5.41, 5.74) is -0.125. The molecular formula is C7H13NO. The lowest BCUT2D eigenvalue weighted by Gasteiger charge is -2.46. The van der Waals surface area contributed by atoms with E-state index < -0.39 is 0 Å². The van der Waals surface area contributed by atoms with E-state index in [1.165, 1.54) is 0 Å². The molecule has 0 aromatic heterocycles. The second-order valence-electron chi connectivity index (χ2n) is 3.00. The lowest BCUT2D eigenvalue weighted by atomic mass is 9.84. The quantitative estimate of drug-likeness (QED) is 0.516. The molecular weight excluding hydrogens is 114 g/mol. The van der Waals surface area contributed by atoms with Gasteiger partial charge in [-0.25, -0.2) is 0 Å². The monoisotopic (exact) mass is 127 g/mol. The van der Waals surface area contributed by atoms with Gasteiger partial charge in [-0.3, -0.25) is 9.69 Å². The molecule has 0 aromatic carbocycles. The molecule has 0 saturated carbocycles. The van der Waals surface area contributed by atoms with E-state index in [1.54, 1.807) is 6.92 Å². The molecule has 1 unspecified atom stereocenters. The molecule has 1 heterocycles. The van der Waals surface area contributed by atoms with Gasteiger partial charge in [0.05, 0.1) is 5.54 Å². The molecule has 0 radical (unpaired) electrons. The third kappa shape index (κ3) is 0.778. The Morgan fingerprint density at radius 3 is 2.22 bits per heavy atom. The Balaban J connectivity index is 2.64. The van der Waals surface area contributed by atoms with E-state index >= 15 is 0 Å². The Bertz CT molecular complexity index is 144. The number of ketones is 1. The minimum atomic E-state index is -0.125. The summed E-state index contributed by atoms with van der Waals surface area (Å²) < 4.78 is 0. The Morgan fingerprint density at radius 2 is 2.22 bits per heavy atom. The van der Waals surface area contributed by atoms with Crippen molar-refractivity contribution in [3.05, 3.63) is 0 Å². The average Bonchev–Trinajstić information content (AvgIpc) is 1.82. The van der Waals surface area contributed by atoms with Crippen molar-refractivity contribution in [1.29, 1.82) is 0 Å². The minimum Gasteiger partial charge on any atom is -0.298 e. The van der Waals surface area contributed by atoms with E-state index in [-0.39, 0.29) is 11.3 Å². The van der Waals surface area contributed by atoms with Crippen molar-refractivity contribution in [2.45, 2.75) is 25.8 Å². The summed E-state index contributed by atoms with van der Waals surface area (Å²) in [5.74, 6) is 0.288. The standard InChI is InChI=1S/C7H13NO/c1-6(9)7(2)4-5-8(7)3/h4-5H2,1-3H3. The van der Waals surface area contributed by atoms with Gasteiger partial charge in [-0.2, -0.15) is 0 Å². The fourth-order valence-electron chi connectivity index (χ4n) is 1.12. The number of carbonyl (C=O) groups is 1. The van der Waals surface area contributed by atoms with Gasteiger partial charge in [-0.1, -0.05) is 0 Å². The van der Waals surface area contributed by atoms with Crippen molar-refractivity contribution in [1.82, 2.24) is 4.90 Å². The first-order valence-corrected chi connectivity index (χ1v) is 3.29. The van der Waals surface area contributed by atoms with Crippen LogP contribution in [0.25, 0.3) is 0 Å². The zero-order chi connectivity index (χ0) is 7.07. The smallest absolute Gasteiger partial charge is 0.149 e. The second-order valence-corrected chi connectivity index (χ2v) is 3.00. The topological polar surface area (TPSA) is 20.3 Å². The largest absolute Gasteiger partial charge is 0.298 e. The molecule has 1 aliphatic heterocycles. The number of hydrogen-bond donors (Lipinski definition) is 0. The fraction of sp³-hybridized carbons (Fsp3) is 0.857. The van der Waals surface area contributed by atoms with Crippen molar-refractivity contribution in [3.63, 3.8) is 0 Å². The van der Waals surface area contributed by atoms with Crippen LogP contribution in [-0.4, -0.2) is 29.8 Å². The average molecular weight is 127 g/mol. The summed E-state index contributed by atoms with van der Waals surface area (Å²) in [7, 11) is 1.99. The van der Waals surface area contributed by atoms with Crippen LogP contribution >= 0.6 is 0 Å². The van der Waals surface area contributed by atoms with Gasteiger partial charge < -0.3 is 0 Å². The molecule has 0 aromatic rings. The molecule has 1 saturated heterocycles. The molecule has 1 atom stereocenters. The van der Waals surface area contributed by atoms with Crippen LogP contribution in [0, 0.1) is 0 Å². The predicted octanol–water partition coefficient (Wildman–Crippen LogP) is 0.670. The summed E-state index contributed by atoms with van der Waals surface area (Å²) in [4.78, 5) is 13.0. The van der Waals surface area contributed by atoms with Crippen LogP contribution in [-0.2, 0) is 4.79 Å². The van der Waals surface area contributed by atoms with E-state index in [9.17, 15) is 4.79 Å². The molecule has 1 rings (SSSR count). The van der Waals surface area contributed by atoms with Crippen molar-refractivity contribution in [2.24, 2.45) is 0 Å². The molecule has 0 N–H and O–H groups in total. The number of nitrogens with zero attached hydrogens (tertiary/aromatic N) is 1. The van der Waals surface area contributed by atoms with E-state index in [0.29, 0.717) is 0 Å². The second kappa shape index (κ2) is 1.81. The molecule has 1 aliphatic rings. The van der Waals surface area contributed by atoms with Gasteiger partial charge in [0.1, 0.15) is 5.78 Å². The minimum absolute atomic E-state index is 0.125. The van der Waals surface area contributed by atoms with Crippen molar-refractivity contribution >= 4 is 5.78 Å². The normalized spacial score (nSPS) is 35.9. The summed E-state index contributed by atoms with van der Waals surface area (Å²) in [5, 5.41) is 0. The van der Waals surface area contributed by atoms with Crippen molar-refractivity contribution in [2.75, 3.05) is 13.6 Å². The maximum atomic E-state index is 10.9. The molecule has 2 nitrogen and oxygen atoms in total. The van der Waals surface area contributed by atoms with Crippen molar-refractivity contribution in [3.8, 4) is 0 Å². The Hall–Kier alpha value is -0.370. The lowest BCUT2D eigenvalue weighted by Crippen LogP contribution is -2.59. The zero-order valence-corrected chi connectivity index (χ0v) is 6.27.